The molecule has 1 aromatic carbocycles. The van der Waals surface area contributed by atoms with Crippen molar-refractivity contribution in [3.8, 4) is 0 Å². The van der Waals surface area contributed by atoms with Gasteiger partial charge in [-0.1, -0.05) is 19.1 Å². The first-order valence-corrected chi connectivity index (χ1v) is 7.97. The molecule has 20 heavy (non-hydrogen) atoms. The van der Waals surface area contributed by atoms with Gasteiger partial charge in [-0.25, -0.2) is 4.39 Å². The number of thioether (sulfide) groups is 1. The zero-order chi connectivity index (χ0) is 14.5. The molecule has 0 aliphatic carbocycles. The van der Waals surface area contributed by atoms with Crippen LogP contribution in [0.1, 0.15) is 30.7 Å². The summed E-state index contributed by atoms with van der Waals surface area (Å²) in [5.74, 6) is -0.0280. The normalized spacial score (nSPS) is 22.6. The number of carbonyl (C=O) groups is 1. The summed E-state index contributed by atoms with van der Waals surface area (Å²) in [7, 11) is 1.91. The Morgan fingerprint density at radius 1 is 1.35 bits per heavy atom. The van der Waals surface area contributed by atoms with E-state index < -0.39 is 0 Å². The summed E-state index contributed by atoms with van der Waals surface area (Å²) < 4.78 is 13.0. The third-order valence-corrected chi connectivity index (χ3v) is 5.13. The molecule has 110 valence electrons. The molecule has 0 unspecified atom stereocenters. The highest BCUT2D eigenvalue weighted by molar-refractivity contribution is 8.01. The maximum absolute atomic E-state index is 13.0. The van der Waals surface area contributed by atoms with Gasteiger partial charge in [-0.05, 0) is 44.1 Å². The van der Waals surface area contributed by atoms with Gasteiger partial charge in [0.15, 0.2) is 0 Å². The minimum atomic E-state index is -0.239. The molecule has 5 heteroatoms. The summed E-state index contributed by atoms with van der Waals surface area (Å²) in [6, 6.07) is 6.49. The number of hydrogen-bond donors (Lipinski definition) is 1. The second-order valence-corrected chi connectivity index (χ2v) is 6.21. The molecule has 1 aromatic rings. The standard InChI is InChI=1S/C15H21FN2OS/c1-3-13-14(19)18(10-4-9-17-2)15(20-13)11-5-7-12(16)8-6-11/h5-8,13,15,17H,3-4,9-10H2,1-2H3/t13-,15+/m1/s1. The molecule has 2 atom stereocenters. The number of nitrogens with zero attached hydrogens (tertiary/aromatic N) is 1. The Morgan fingerprint density at radius 2 is 2.05 bits per heavy atom. The molecular formula is C15H21FN2OS. The van der Waals surface area contributed by atoms with Gasteiger partial charge < -0.3 is 10.2 Å². The van der Waals surface area contributed by atoms with Crippen molar-refractivity contribution in [3.05, 3.63) is 35.6 Å². The minimum absolute atomic E-state index is 0.0184. The van der Waals surface area contributed by atoms with Crippen molar-refractivity contribution in [3.63, 3.8) is 0 Å². The molecule has 3 nitrogen and oxygen atoms in total. The Bertz CT molecular complexity index is 452. The monoisotopic (exact) mass is 296 g/mol. The van der Waals surface area contributed by atoms with Gasteiger partial charge in [-0.2, -0.15) is 0 Å². The lowest BCUT2D eigenvalue weighted by Gasteiger charge is -2.24. The molecule has 1 heterocycles. The van der Waals surface area contributed by atoms with Crippen LogP contribution in [-0.4, -0.2) is 36.2 Å². The number of carbonyl (C=O) groups excluding carboxylic acids is 1. The van der Waals surface area contributed by atoms with Crippen LogP contribution in [0.15, 0.2) is 24.3 Å². The van der Waals surface area contributed by atoms with Gasteiger partial charge in [0.25, 0.3) is 0 Å². The van der Waals surface area contributed by atoms with E-state index in [1.54, 1.807) is 23.9 Å². The highest BCUT2D eigenvalue weighted by Crippen LogP contribution is 2.44. The molecular weight excluding hydrogens is 275 g/mol. The average molecular weight is 296 g/mol. The molecule has 1 fully saturated rings. The molecule has 0 aromatic heterocycles. The first kappa shape index (κ1) is 15.3. The lowest BCUT2D eigenvalue weighted by Crippen LogP contribution is -2.33. The first-order valence-electron chi connectivity index (χ1n) is 7.03. The van der Waals surface area contributed by atoms with Gasteiger partial charge in [-0.15, -0.1) is 11.8 Å². The summed E-state index contributed by atoms with van der Waals surface area (Å²) in [4.78, 5) is 14.3. The maximum Gasteiger partial charge on any atom is 0.236 e. The van der Waals surface area contributed by atoms with Crippen molar-refractivity contribution in [1.82, 2.24) is 10.2 Å². The van der Waals surface area contributed by atoms with Crippen LogP contribution in [0.25, 0.3) is 0 Å². The minimum Gasteiger partial charge on any atom is -0.326 e. The van der Waals surface area contributed by atoms with Crippen molar-refractivity contribution >= 4 is 17.7 Å². The second-order valence-electron chi connectivity index (χ2n) is 4.93. The number of benzene rings is 1. The average Bonchev–Trinajstić information content (AvgIpc) is 2.77. The van der Waals surface area contributed by atoms with E-state index in [0.29, 0.717) is 0 Å². The van der Waals surface area contributed by atoms with Crippen molar-refractivity contribution in [1.29, 1.82) is 0 Å². The number of nitrogens with one attached hydrogen (secondary N) is 1. The Morgan fingerprint density at radius 3 is 2.65 bits per heavy atom. The smallest absolute Gasteiger partial charge is 0.236 e. The van der Waals surface area contributed by atoms with Gasteiger partial charge in [-0.3, -0.25) is 4.79 Å². The van der Waals surface area contributed by atoms with Crippen LogP contribution in [0, 0.1) is 5.82 Å². The first-order chi connectivity index (χ1) is 9.67. The molecule has 0 spiro atoms. The molecule has 1 saturated heterocycles. The lowest BCUT2D eigenvalue weighted by atomic mass is 10.2. The number of rotatable bonds is 6. The Labute approximate surface area is 123 Å². The molecule has 2 rings (SSSR count). The van der Waals surface area contributed by atoms with Crippen molar-refractivity contribution in [2.75, 3.05) is 20.1 Å². The molecule has 1 aliphatic heterocycles. The molecule has 1 aliphatic rings. The van der Waals surface area contributed by atoms with Crippen LogP contribution >= 0.6 is 11.8 Å². The largest absolute Gasteiger partial charge is 0.326 e. The fraction of sp³-hybridized carbons (Fsp3) is 0.533. The SMILES string of the molecule is CC[C@H]1S[C@@H](c2ccc(F)cc2)N(CCCNC)C1=O. The van der Waals surface area contributed by atoms with E-state index in [1.165, 1.54) is 12.1 Å². The van der Waals surface area contributed by atoms with Crippen molar-refractivity contribution < 1.29 is 9.18 Å². The van der Waals surface area contributed by atoms with E-state index in [4.69, 9.17) is 0 Å². The number of hydrogen-bond acceptors (Lipinski definition) is 3. The zero-order valence-corrected chi connectivity index (χ0v) is 12.8. The third-order valence-electron chi connectivity index (χ3n) is 3.49. The summed E-state index contributed by atoms with van der Waals surface area (Å²) in [5.41, 5.74) is 1.00. The Balaban J connectivity index is 2.15. The highest BCUT2D eigenvalue weighted by atomic mass is 32.2. The molecule has 1 N–H and O–H groups in total. The maximum atomic E-state index is 13.0. The second kappa shape index (κ2) is 7.09. The van der Waals surface area contributed by atoms with Crippen LogP contribution < -0.4 is 5.32 Å². The molecule has 1 amide bonds. The van der Waals surface area contributed by atoms with E-state index in [1.807, 2.05) is 18.9 Å². The van der Waals surface area contributed by atoms with Gasteiger partial charge in [0.2, 0.25) is 5.91 Å². The zero-order valence-electron chi connectivity index (χ0n) is 11.9. The Kier molecular flexibility index (Phi) is 5.43. The summed E-state index contributed by atoms with van der Waals surface area (Å²) in [6.45, 7) is 3.67. The summed E-state index contributed by atoms with van der Waals surface area (Å²) in [6.07, 6.45) is 1.76. The van der Waals surface area contributed by atoms with Crippen LogP contribution in [0.2, 0.25) is 0 Å². The lowest BCUT2D eigenvalue weighted by molar-refractivity contribution is -0.130. The van der Waals surface area contributed by atoms with Gasteiger partial charge in [0, 0.05) is 6.54 Å². The van der Waals surface area contributed by atoms with E-state index >= 15 is 0 Å². The van der Waals surface area contributed by atoms with Crippen LogP contribution in [0.4, 0.5) is 4.39 Å². The van der Waals surface area contributed by atoms with Crippen LogP contribution in [-0.2, 0) is 4.79 Å². The number of halogens is 1. The van der Waals surface area contributed by atoms with E-state index in [9.17, 15) is 9.18 Å². The van der Waals surface area contributed by atoms with Gasteiger partial charge >= 0.3 is 0 Å². The van der Waals surface area contributed by atoms with E-state index in [-0.39, 0.29) is 22.3 Å². The fourth-order valence-electron chi connectivity index (χ4n) is 2.40. The van der Waals surface area contributed by atoms with Crippen LogP contribution in [0.5, 0.6) is 0 Å². The van der Waals surface area contributed by atoms with E-state index in [0.717, 1.165) is 31.5 Å². The molecule has 0 radical (unpaired) electrons. The van der Waals surface area contributed by atoms with Gasteiger partial charge in [0.1, 0.15) is 11.2 Å². The summed E-state index contributed by atoms with van der Waals surface area (Å²) >= 11 is 1.68. The number of amides is 1. The van der Waals surface area contributed by atoms with Crippen molar-refractivity contribution in [2.24, 2.45) is 0 Å². The fourth-order valence-corrected chi connectivity index (χ4v) is 3.82. The van der Waals surface area contributed by atoms with Gasteiger partial charge in [0.05, 0.1) is 5.25 Å². The quantitative estimate of drug-likeness (QED) is 0.819. The topological polar surface area (TPSA) is 32.3 Å². The van der Waals surface area contributed by atoms with Crippen LogP contribution in [0.3, 0.4) is 0 Å². The highest BCUT2D eigenvalue weighted by Gasteiger charge is 2.39. The predicted molar refractivity (Wildman–Crippen MR) is 81.1 cm³/mol. The molecule has 0 saturated carbocycles. The Hall–Kier alpha value is -1.07. The predicted octanol–water partition coefficient (Wildman–Crippen LogP) is 2.79. The summed E-state index contributed by atoms with van der Waals surface area (Å²) in [5, 5.41) is 3.15. The third kappa shape index (κ3) is 3.33. The van der Waals surface area contributed by atoms with Crippen molar-refractivity contribution in [2.45, 2.75) is 30.4 Å². The molecule has 0 bridgehead atoms. The van der Waals surface area contributed by atoms with E-state index in [2.05, 4.69) is 5.32 Å².